The molecule has 0 unspecified atom stereocenters. The van der Waals surface area contributed by atoms with Crippen molar-refractivity contribution >= 4 is 17.3 Å². The summed E-state index contributed by atoms with van der Waals surface area (Å²) in [5.41, 5.74) is 9.25. The zero-order valence-corrected chi connectivity index (χ0v) is 11.9. The van der Waals surface area contributed by atoms with Crippen LogP contribution in [0.1, 0.15) is 18.1 Å². The molecule has 0 radical (unpaired) electrons. The van der Waals surface area contributed by atoms with Gasteiger partial charge in [-0.1, -0.05) is 48.9 Å². The van der Waals surface area contributed by atoms with Crippen LogP contribution >= 0.6 is 11.6 Å². The van der Waals surface area contributed by atoms with Crippen molar-refractivity contribution in [1.29, 1.82) is 0 Å². The Hall–Kier alpha value is -1.51. The minimum atomic E-state index is 0.785. The molecule has 0 fully saturated rings. The minimum absolute atomic E-state index is 0.785. The summed E-state index contributed by atoms with van der Waals surface area (Å²) >= 11 is 6.02. The van der Waals surface area contributed by atoms with Gasteiger partial charge in [-0.15, -0.1) is 0 Å². The molecule has 0 aliphatic heterocycles. The van der Waals surface area contributed by atoms with Crippen LogP contribution in [0.15, 0.2) is 48.5 Å². The lowest BCUT2D eigenvalue weighted by Crippen LogP contribution is -2.22. The van der Waals surface area contributed by atoms with E-state index in [1.165, 1.54) is 11.1 Å². The van der Waals surface area contributed by atoms with Gasteiger partial charge in [0.15, 0.2) is 0 Å². The highest BCUT2D eigenvalue weighted by atomic mass is 35.5. The first-order chi connectivity index (χ1) is 9.19. The van der Waals surface area contributed by atoms with Gasteiger partial charge in [-0.05, 0) is 35.9 Å². The van der Waals surface area contributed by atoms with Gasteiger partial charge in [0.2, 0.25) is 0 Å². The number of nitrogens with two attached hydrogens (primary N) is 1. The van der Waals surface area contributed by atoms with Gasteiger partial charge < -0.3 is 5.73 Å². The van der Waals surface area contributed by atoms with E-state index < -0.39 is 0 Å². The minimum Gasteiger partial charge on any atom is -0.398 e. The molecule has 0 spiro atoms. The van der Waals surface area contributed by atoms with Gasteiger partial charge in [-0.25, -0.2) is 0 Å². The fourth-order valence-corrected chi connectivity index (χ4v) is 2.31. The van der Waals surface area contributed by atoms with E-state index in [1.807, 2.05) is 36.4 Å². The largest absolute Gasteiger partial charge is 0.398 e. The van der Waals surface area contributed by atoms with E-state index in [1.54, 1.807) is 0 Å². The fourth-order valence-electron chi connectivity index (χ4n) is 2.09. The Balaban J connectivity index is 2.07. The maximum atomic E-state index is 6.02. The third-order valence-electron chi connectivity index (χ3n) is 3.19. The summed E-state index contributed by atoms with van der Waals surface area (Å²) in [6.45, 7) is 4.87. The highest BCUT2D eigenvalue weighted by molar-refractivity contribution is 6.30. The van der Waals surface area contributed by atoms with Crippen LogP contribution in [0.5, 0.6) is 0 Å². The molecule has 2 rings (SSSR count). The smallest absolute Gasteiger partial charge is 0.0409 e. The predicted octanol–water partition coefficient (Wildman–Crippen LogP) is 3.94. The maximum absolute atomic E-state index is 6.02. The third-order valence-corrected chi connectivity index (χ3v) is 3.43. The summed E-state index contributed by atoms with van der Waals surface area (Å²) < 4.78 is 0. The first-order valence-electron chi connectivity index (χ1n) is 6.49. The molecular weight excluding hydrogens is 256 g/mol. The quantitative estimate of drug-likeness (QED) is 0.837. The molecule has 2 aromatic rings. The molecule has 2 N–H and O–H groups in total. The Bertz CT molecular complexity index is 540. The van der Waals surface area contributed by atoms with Crippen molar-refractivity contribution in [2.24, 2.45) is 0 Å². The molecule has 2 aromatic carbocycles. The lowest BCUT2D eigenvalue weighted by molar-refractivity contribution is 0.272. The number of hydrogen-bond donors (Lipinski definition) is 1. The SMILES string of the molecule is CCN(Cc1cccc(Cl)c1)Cc1ccccc1N. The maximum Gasteiger partial charge on any atom is 0.0409 e. The Kier molecular flexibility index (Phi) is 4.83. The second kappa shape index (κ2) is 6.60. The number of benzene rings is 2. The van der Waals surface area contributed by atoms with Gasteiger partial charge in [0.25, 0.3) is 0 Å². The molecule has 0 amide bonds. The van der Waals surface area contributed by atoms with Gasteiger partial charge in [-0.3, -0.25) is 4.90 Å². The molecule has 0 aromatic heterocycles. The van der Waals surface area contributed by atoms with Crippen LogP contribution in [-0.4, -0.2) is 11.4 Å². The number of halogens is 1. The van der Waals surface area contributed by atoms with Crippen LogP contribution in [0.25, 0.3) is 0 Å². The van der Waals surface area contributed by atoms with Gasteiger partial charge >= 0.3 is 0 Å². The van der Waals surface area contributed by atoms with E-state index in [0.717, 1.165) is 30.3 Å². The first-order valence-corrected chi connectivity index (χ1v) is 6.87. The normalized spacial score (nSPS) is 10.9. The van der Waals surface area contributed by atoms with E-state index in [4.69, 9.17) is 17.3 Å². The molecular formula is C16H19ClN2. The molecule has 0 heterocycles. The summed E-state index contributed by atoms with van der Waals surface area (Å²) in [5.74, 6) is 0. The Morgan fingerprint density at radius 1 is 1.05 bits per heavy atom. The summed E-state index contributed by atoms with van der Waals surface area (Å²) in [6, 6.07) is 16.0. The van der Waals surface area contributed by atoms with Crippen LogP contribution in [0.2, 0.25) is 5.02 Å². The van der Waals surface area contributed by atoms with Crippen molar-refractivity contribution in [3.63, 3.8) is 0 Å². The average molecular weight is 275 g/mol. The van der Waals surface area contributed by atoms with Crippen molar-refractivity contribution in [1.82, 2.24) is 4.90 Å². The topological polar surface area (TPSA) is 29.3 Å². The second-order valence-corrected chi connectivity index (χ2v) is 5.07. The van der Waals surface area contributed by atoms with Crippen molar-refractivity contribution in [2.45, 2.75) is 20.0 Å². The van der Waals surface area contributed by atoms with Crippen molar-refractivity contribution in [3.8, 4) is 0 Å². The Morgan fingerprint density at radius 2 is 1.84 bits per heavy atom. The third kappa shape index (κ3) is 3.98. The molecule has 0 aliphatic carbocycles. The van der Waals surface area contributed by atoms with Crippen LogP contribution in [0.3, 0.4) is 0 Å². The average Bonchev–Trinajstić information content (AvgIpc) is 2.40. The monoisotopic (exact) mass is 274 g/mol. The summed E-state index contributed by atoms with van der Waals surface area (Å²) in [5, 5.41) is 0.785. The molecule has 0 bridgehead atoms. The highest BCUT2D eigenvalue weighted by Gasteiger charge is 2.07. The van der Waals surface area contributed by atoms with E-state index in [9.17, 15) is 0 Å². The molecule has 0 atom stereocenters. The number of anilines is 1. The number of para-hydroxylation sites is 1. The van der Waals surface area contributed by atoms with Gasteiger partial charge in [0.05, 0.1) is 0 Å². The van der Waals surface area contributed by atoms with Gasteiger partial charge in [0.1, 0.15) is 0 Å². The standard InChI is InChI=1S/C16H19ClN2/c1-2-19(11-13-6-5-8-15(17)10-13)12-14-7-3-4-9-16(14)18/h3-10H,2,11-12,18H2,1H3. The summed E-state index contributed by atoms with van der Waals surface area (Å²) in [7, 11) is 0. The molecule has 0 saturated heterocycles. The Morgan fingerprint density at radius 3 is 2.53 bits per heavy atom. The van der Waals surface area contributed by atoms with E-state index in [2.05, 4.69) is 24.0 Å². The van der Waals surface area contributed by atoms with Crippen LogP contribution in [-0.2, 0) is 13.1 Å². The van der Waals surface area contributed by atoms with Crippen LogP contribution < -0.4 is 5.73 Å². The molecule has 2 nitrogen and oxygen atoms in total. The number of nitrogen functional groups attached to an aromatic ring is 1. The zero-order chi connectivity index (χ0) is 13.7. The molecule has 100 valence electrons. The fraction of sp³-hybridized carbons (Fsp3) is 0.250. The van der Waals surface area contributed by atoms with Crippen LogP contribution in [0.4, 0.5) is 5.69 Å². The summed E-state index contributed by atoms with van der Waals surface area (Å²) in [4.78, 5) is 2.34. The Labute approximate surface area is 119 Å². The molecule has 0 saturated carbocycles. The van der Waals surface area contributed by atoms with Crippen molar-refractivity contribution in [2.75, 3.05) is 12.3 Å². The van der Waals surface area contributed by atoms with Crippen LogP contribution in [0, 0.1) is 0 Å². The van der Waals surface area contributed by atoms with Gasteiger partial charge in [0, 0.05) is 23.8 Å². The molecule has 19 heavy (non-hydrogen) atoms. The lowest BCUT2D eigenvalue weighted by atomic mass is 10.1. The second-order valence-electron chi connectivity index (χ2n) is 4.63. The van der Waals surface area contributed by atoms with Crippen molar-refractivity contribution < 1.29 is 0 Å². The number of hydrogen-bond acceptors (Lipinski definition) is 2. The lowest BCUT2D eigenvalue weighted by Gasteiger charge is -2.21. The van der Waals surface area contributed by atoms with Gasteiger partial charge in [-0.2, -0.15) is 0 Å². The van der Waals surface area contributed by atoms with E-state index in [-0.39, 0.29) is 0 Å². The zero-order valence-electron chi connectivity index (χ0n) is 11.1. The van der Waals surface area contributed by atoms with E-state index in [0.29, 0.717) is 0 Å². The van der Waals surface area contributed by atoms with E-state index >= 15 is 0 Å². The van der Waals surface area contributed by atoms with Crippen molar-refractivity contribution in [3.05, 3.63) is 64.7 Å². The highest BCUT2D eigenvalue weighted by Crippen LogP contribution is 2.17. The molecule has 3 heteroatoms. The molecule has 0 aliphatic rings. The predicted molar refractivity (Wildman–Crippen MR) is 82.1 cm³/mol. The number of rotatable bonds is 5. The number of nitrogens with zero attached hydrogens (tertiary/aromatic N) is 1. The first kappa shape index (κ1) is 13.9. The summed E-state index contributed by atoms with van der Waals surface area (Å²) in [6.07, 6.45) is 0.